The van der Waals surface area contributed by atoms with Gasteiger partial charge in [0.1, 0.15) is 0 Å². The first-order valence-corrected chi connectivity index (χ1v) is 6.71. The second kappa shape index (κ2) is 6.25. The maximum atomic E-state index is 11.9. The van der Waals surface area contributed by atoms with Gasteiger partial charge in [0.25, 0.3) is 5.91 Å². The largest absolute Gasteiger partial charge is 0.376 e. The summed E-state index contributed by atoms with van der Waals surface area (Å²) in [6.07, 6.45) is 0. The van der Waals surface area contributed by atoms with Crippen molar-refractivity contribution >= 4 is 23.5 Å². The number of amides is 4. The molecule has 7 heteroatoms. The lowest BCUT2D eigenvalue weighted by Gasteiger charge is -2.11. The molecule has 0 saturated carbocycles. The quantitative estimate of drug-likeness (QED) is 0.754. The van der Waals surface area contributed by atoms with Crippen LogP contribution in [0.25, 0.3) is 0 Å². The number of nitrogens with one attached hydrogen (secondary N) is 3. The van der Waals surface area contributed by atoms with Gasteiger partial charge in [0.2, 0.25) is 5.91 Å². The van der Waals surface area contributed by atoms with Gasteiger partial charge in [-0.2, -0.15) is 0 Å². The molecule has 0 spiro atoms. The Hall–Kier alpha value is -2.57. The molecular weight excluding hydrogens is 272 g/mol. The lowest BCUT2D eigenvalue weighted by molar-refractivity contribution is -0.118. The summed E-state index contributed by atoms with van der Waals surface area (Å²) in [6.45, 7) is 2.69. The predicted molar refractivity (Wildman–Crippen MR) is 77.9 cm³/mol. The van der Waals surface area contributed by atoms with Crippen molar-refractivity contribution in [1.29, 1.82) is 0 Å². The summed E-state index contributed by atoms with van der Waals surface area (Å²) in [5, 5.41) is 7.65. The van der Waals surface area contributed by atoms with E-state index in [1.807, 2.05) is 6.07 Å². The Kier molecular flexibility index (Phi) is 4.42. The third kappa shape index (κ3) is 3.31. The number of carbonyl (C=O) groups is 3. The molecule has 0 atom stereocenters. The second-order valence-electron chi connectivity index (χ2n) is 4.75. The van der Waals surface area contributed by atoms with E-state index in [0.717, 1.165) is 11.3 Å². The first kappa shape index (κ1) is 14.8. The Bertz CT molecular complexity index is 586. The molecule has 7 nitrogen and oxygen atoms in total. The van der Waals surface area contributed by atoms with Crippen molar-refractivity contribution in [2.75, 3.05) is 25.5 Å². The average Bonchev–Trinajstić information content (AvgIpc) is 2.73. The summed E-state index contributed by atoms with van der Waals surface area (Å²) >= 11 is 0. The summed E-state index contributed by atoms with van der Waals surface area (Å²) in [5.74, 6) is -0.461. The van der Waals surface area contributed by atoms with Gasteiger partial charge in [0, 0.05) is 37.0 Å². The van der Waals surface area contributed by atoms with Crippen LogP contribution in [0.1, 0.15) is 22.8 Å². The molecule has 1 aliphatic rings. The van der Waals surface area contributed by atoms with Crippen molar-refractivity contribution in [3.63, 3.8) is 0 Å². The Balaban J connectivity index is 1.98. The summed E-state index contributed by atoms with van der Waals surface area (Å²) in [7, 11) is 1.73. The SMILES string of the molecule is CCNC(=O)NC(=O)CNc1cccc2c1CN(C)C2=O. The number of fused-ring (bicyclic) bond motifs is 1. The zero-order valence-electron chi connectivity index (χ0n) is 12.0. The Labute approximate surface area is 122 Å². The predicted octanol–water partition coefficient (Wildman–Crippen LogP) is 0.530. The fourth-order valence-electron chi connectivity index (χ4n) is 2.19. The molecular formula is C14H18N4O3. The fraction of sp³-hybridized carbons (Fsp3) is 0.357. The van der Waals surface area contributed by atoms with Gasteiger partial charge >= 0.3 is 6.03 Å². The molecule has 0 bridgehead atoms. The van der Waals surface area contributed by atoms with Crippen LogP contribution < -0.4 is 16.0 Å². The molecule has 21 heavy (non-hydrogen) atoms. The van der Waals surface area contributed by atoms with E-state index in [9.17, 15) is 14.4 Å². The average molecular weight is 290 g/mol. The van der Waals surface area contributed by atoms with Crippen molar-refractivity contribution in [3.8, 4) is 0 Å². The molecule has 0 radical (unpaired) electrons. The van der Waals surface area contributed by atoms with Gasteiger partial charge in [-0.3, -0.25) is 14.9 Å². The van der Waals surface area contributed by atoms with Crippen molar-refractivity contribution < 1.29 is 14.4 Å². The Morgan fingerprint density at radius 1 is 1.33 bits per heavy atom. The van der Waals surface area contributed by atoms with E-state index >= 15 is 0 Å². The monoisotopic (exact) mass is 290 g/mol. The summed E-state index contributed by atoms with van der Waals surface area (Å²) < 4.78 is 0. The second-order valence-corrected chi connectivity index (χ2v) is 4.75. The van der Waals surface area contributed by atoms with Crippen molar-refractivity contribution in [2.24, 2.45) is 0 Å². The number of hydrogen-bond acceptors (Lipinski definition) is 4. The molecule has 1 heterocycles. The van der Waals surface area contributed by atoms with E-state index in [4.69, 9.17) is 0 Å². The van der Waals surface area contributed by atoms with Crippen LogP contribution in [0.2, 0.25) is 0 Å². The van der Waals surface area contributed by atoms with Gasteiger partial charge in [-0.15, -0.1) is 0 Å². The standard InChI is InChI=1S/C14H18N4O3/c1-3-15-14(21)17-12(19)7-16-11-6-4-5-9-10(11)8-18(2)13(9)20/h4-6,16H,3,7-8H2,1-2H3,(H2,15,17,19,21). The zero-order chi connectivity index (χ0) is 15.4. The number of hydrogen-bond donors (Lipinski definition) is 3. The van der Waals surface area contributed by atoms with E-state index < -0.39 is 11.9 Å². The molecule has 0 unspecified atom stereocenters. The highest BCUT2D eigenvalue weighted by Crippen LogP contribution is 2.28. The van der Waals surface area contributed by atoms with E-state index in [-0.39, 0.29) is 12.5 Å². The highest BCUT2D eigenvalue weighted by Gasteiger charge is 2.26. The van der Waals surface area contributed by atoms with Crippen LogP contribution in [0.3, 0.4) is 0 Å². The van der Waals surface area contributed by atoms with Gasteiger partial charge in [0.15, 0.2) is 0 Å². The van der Waals surface area contributed by atoms with Crippen molar-refractivity contribution in [2.45, 2.75) is 13.5 Å². The first-order valence-electron chi connectivity index (χ1n) is 6.71. The molecule has 1 aromatic carbocycles. The van der Waals surface area contributed by atoms with Crippen LogP contribution in [-0.4, -0.2) is 42.9 Å². The molecule has 2 rings (SSSR count). The first-order chi connectivity index (χ1) is 10.0. The van der Waals surface area contributed by atoms with Crippen LogP contribution in [0.15, 0.2) is 18.2 Å². The molecule has 1 aromatic rings. The molecule has 0 aromatic heterocycles. The summed E-state index contributed by atoms with van der Waals surface area (Å²) in [5.41, 5.74) is 2.25. The number of anilines is 1. The van der Waals surface area contributed by atoms with E-state index in [1.165, 1.54) is 0 Å². The van der Waals surface area contributed by atoms with Gasteiger partial charge in [-0.1, -0.05) is 6.07 Å². The fourth-order valence-corrected chi connectivity index (χ4v) is 2.19. The van der Waals surface area contributed by atoms with Gasteiger partial charge in [-0.05, 0) is 19.1 Å². The normalized spacial score (nSPS) is 12.9. The molecule has 1 aliphatic heterocycles. The number of nitrogens with zero attached hydrogens (tertiary/aromatic N) is 1. The highest BCUT2D eigenvalue weighted by atomic mass is 16.2. The Morgan fingerprint density at radius 3 is 2.81 bits per heavy atom. The lowest BCUT2D eigenvalue weighted by atomic mass is 10.1. The molecule has 4 amide bonds. The van der Waals surface area contributed by atoms with Gasteiger partial charge in [0.05, 0.1) is 6.54 Å². The molecule has 3 N–H and O–H groups in total. The van der Waals surface area contributed by atoms with E-state index in [2.05, 4.69) is 16.0 Å². The minimum Gasteiger partial charge on any atom is -0.376 e. The number of rotatable bonds is 4. The van der Waals surface area contributed by atoms with Gasteiger partial charge in [-0.25, -0.2) is 4.79 Å². The molecule has 0 aliphatic carbocycles. The van der Waals surface area contributed by atoms with Crippen LogP contribution in [0, 0.1) is 0 Å². The molecule has 0 saturated heterocycles. The van der Waals surface area contributed by atoms with Gasteiger partial charge < -0.3 is 15.5 Å². The van der Waals surface area contributed by atoms with Crippen molar-refractivity contribution in [3.05, 3.63) is 29.3 Å². The maximum absolute atomic E-state index is 11.9. The number of imide groups is 1. The lowest BCUT2D eigenvalue weighted by Crippen LogP contribution is -2.41. The summed E-state index contributed by atoms with van der Waals surface area (Å²) in [4.78, 5) is 36.3. The van der Waals surface area contributed by atoms with Crippen LogP contribution in [0.5, 0.6) is 0 Å². The number of urea groups is 1. The smallest absolute Gasteiger partial charge is 0.321 e. The minimum absolute atomic E-state index is 0.0274. The van der Waals surface area contributed by atoms with Crippen molar-refractivity contribution in [1.82, 2.24) is 15.5 Å². The molecule has 0 fully saturated rings. The third-order valence-corrected chi connectivity index (χ3v) is 3.18. The Morgan fingerprint density at radius 2 is 2.10 bits per heavy atom. The number of benzene rings is 1. The highest BCUT2D eigenvalue weighted by molar-refractivity contribution is 6.00. The zero-order valence-corrected chi connectivity index (χ0v) is 12.0. The topological polar surface area (TPSA) is 90.5 Å². The molecule has 112 valence electrons. The van der Waals surface area contributed by atoms with Crippen LogP contribution in [0.4, 0.5) is 10.5 Å². The van der Waals surface area contributed by atoms with Crippen LogP contribution in [-0.2, 0) is 11.3 Å². The van der Waals surface area contributed by atoms with E-state index in [0.29, 0.717) is 18.7 Å². The maximum Gasteiger partial charge on any atom is 0.321 e. The third-order valence-electron chi connectivity index (χ3n) is 3.18. The summed E-state index contributed by atoms with van der Waals surface area (Å²) in [6, 6.07) is 4.82. The number of carbonyl (C=O) groups excluding carboxylic acids is 3. The minimum atomic E-state index is -0.516. The van der Waals surface area contributed by atoms with E-state index in [1.54, 1.807) is 31.0 Å². The van der Waals surface area contributed by atoms with Crippen LogP contribution >= 0.6 is 0 Å².